The molecule has 0 radical (unpaired) electrons. The van der Waals surface area contributed by atoms with Crippen LogP contribution >= 0.6 is 39.9 Å². The molecule has 3 rings (SSSR count). The minimum Gasteiger partial charge on any atom is -0.497 e. The van der Waals surface area contributed by atoms with Crippen molar-refractivity contribution in [1.29, 1.82) is 0 Å². The molecule has 27 heavy (non-hydrogen) atoms. The van der Waals surface area contributed by atoms with Crippen molar-refractivity contribution in [3.63, 3.8) is 0 Å². The number of hydrogen-bond donors (Lipinski definition) is 2. The third-order valence-electron chi connectivity index (χ3n) is 3.99. The molecular formula is C19H23BrIN5O. The Balaban J connectivity index is 0.00000261. The lowest BCUT2D eigenvalue weighted by atomic mass is 10.1. The highest BCUT2D eigenvalue weighted by atomic mass is 127. The summed E-state index contributed by atoms with van der Waals surface area (Å²) in [6.07, 6.45) is 4.92. The third-order valence-corrected chi connectivity index (χ3v) is 4.46. The van der Waals surface area contributed by atoms with E-state index in [4.69, 9.17) is 4.74 Å². The highest BCUT2D eigenvalue weighted by molar-refractivity contribution is 14.0. The van der Waals surface area contributed by atoms with Gasteiger partial charge in [-0.3, -0.25) is 4.99 Å². The van der Waals surface area contributed by atoms with Gasteiger partial charge in [-0.25, -0.2) is 4.98 Å². The number of methoxy groups -OCH3 is 1. The van der Waals surface area contributed by atoms with Crippen molar-refractivity contribution < 1.29 is 4.74 Å². The van der Waals surface area contributed by atoms with Gasteiger partial charge in [-0.1, -0.05) is 12.1 Å². The quantitative estimate of drug-likeness (QED) is 0.283. The number of hydrogen-bond acceptors (Lipinski definition) is 3. The molecule has 0 aliphatic rings. The Morgan fingerprint density at radius 2 is 1.93 bits per heavy atom. The molecule has 0 bridgehead atoms. The monoisotopic (exact) mass is 543 g/mol. The second kappa shape index (κ2) is 10.5. The average molecular weight is 544 g/mol. The van der Waals surface area contributed by atoms with E-state index in [1.165, 1.54) is 5.56 Å². The van der Waals surface area contributed by atoms with Crippen molar-refractivity contribution in [1.82, 2.24) is 20.0 Å². The summed E-state index contributed by atoms with van der Waals surface area (Å²) in [7, 11) is 3.44. The van der Waals surface area contributed by atoms with Crippen LogP contribution in [0.15, 0.2) is 58.3 Å². The molecular weight excluding hydrogens is 521 g/mol. The fraction of sp³-hybridized carbons (Fsp3) is 0.263. The van der Waals surface area contributed by atoms with Crippen LogP contribution in [0.25, 0.3) is 5.65 Å². The van der Waals surface area contributed by atoms with E-state index in [2.05, 4.69) is 48.7 Å². The summed E-state index contributed by atoms with van der Waals surface area (Å²) >= 11 is 3.47. The zero-order valence-electron chi connectivity index (χ0n) is 15.3. The van der Waals surface area contributed by atoms with E-state index in [1.54, 1.807) is 14.2 Å². The molecule has 0 saturated heterocycles. The number of imidazole rings is 1. The van der Waals surface area contributed by atoms with Crippen LogP contribution in [0.5, 0.6) is 5.75 Å². The van der Waals surface area contributed by atoms with Crippen LogP contribution in [0.2, 0.25) is 0 Å². The van der Waals surface area contributed by atoms with Gasteiger partial charge in [0.25, 0.3) is 0 Å². The van der Waals surface area contributed by atoms with Crippen molar-refractivity contribution >= 4 is 51.5 Å². The van der Waals surface area contributed by atoms with Crippen molar-refractivity contribution in [2.45, 2.75) is 13.0 Å². The number of nitrogens with zero attached hydrogens (tertiary/aromatic N) is 3. The van der Waals surface area contributed by atoms with E-state index in [0.717, 1.165) is 40.5 Å². The Kier molecular flexibility index (Phi) is 8.36. The van der Waals surface area contributed by atoms with Gasteiger partial charge in [0.15, 0.2) is 5.96 Å². The van der Waals surface area contributed by atoms with Gasteiger partial charge >= 0.3 is 0 Å². The van der Waals surface area contributed by atoms with Crippen LogP contribution in [0.3, 0.4) is 0 Å². The van der Waals surface area contributed by atoms with E-state index >= 15 is 0 Å². The summed E-state index contributed by atoms with van der Waals surface area (Å²) < 4.78 is 8.20. The smallest absolute Gasteiger partial charge is 0.191 e. The highest BCUT2D eigenvalue weighted by Crippen LogP contribution is 2.13. The minimum atomic E-state index is 0. The molecule has 0 atom stereocenters. The summed E-state index contributed by atoms with van der Waals surface area (Å²) in [6, 6.07) is 12.1. The molecule has 8 heteroatoms. The Hall–Kier alpha value is -1.81. The molecule has 1 aromatic carbocycles. The predicted octanol–water partition coefficient (Wildman–Crippen LogP) is 3.63. The summed E-state index contributed by atoms with van der Waals surface area (Å²) in [5.74, 6) is 1.63. The molecule has 144 valence electrons. The standard InChI is InChI=1S/C19H22BrN5O.HI/c1-21-19(22-10-9-14-3-6-17(26-2)7-4-14)23-11-16-13-25-12-15(20)5-8-18(25)24-16;/h3-8,12-13H,9-11H2,1-2H3,(H2,21,22,23);1H. The lowest BCUT2D eigenvalue weighted by Crippen LogP contribution is -2.37. The number of halogens is 2. The van der Waals surface area contributed by atoms with E-state index < -0.39 is 0 Å². The summed E-state index contributed by atoms with van der Waals surface area (Å²) in [4.78, 5) is 8.85. The van der Waals surface area contributed by atoms with Gasteiger partial charge in [0.05, 0.1) is 19.3 Å². The van der Waals surface area contributed by atoms with Crippen LogP contribution < -0.4 is 15.4 Å². The summed E-state index contributed by atoms with van der Waals surface area (Å²) in [5.41, 5.74) is 3.13. The van der Waals surface area contributed by atoms with Crippen LogP contribution in [0.4, 0.5) is 0 Å². The Labute approximate surface area is 184 Å². The first kappa shape index (κ1) is 21.5. The van der Waals surface area contributed by atoms with E-state index in [0.29, 0.717) is 6.54 Å². The predicted molar refractivity (Wildman–Crippen MR) is 123 cm³/mol. The maximum atomic E-state index is 5.18. The topological polar surface area (TPSA) is 63.0 Å². The van der Waals surface area contributed by atoms with Crippen molar-refractivity contribution in [3.8, 4) is 5.75 Å². The maximum absolute atomic E-state index is 5.18. The first-order valence-corrected chi connectivity index (χ1v) is 9.18. The summed E-state index contributed by atoms with van der Waals surface area (Å²) in [5, 5.41) is 6.62. The maximum Gasteiger partial charge on any atom is 0.191 e. The zero-order chi connectivity index (χ0) is 18.4. The van der Waals surface area contributed by atoms with Gasteiger partial charge in [-0.15, -0.1) is 24.0 Å². The number of ether oxygens (including phenoxy) is 1. The Bertz CT molecular complexity index is 895. The van der Waals surface area contributed by atoms with E-state index in [9.17, 15) is 0 Å². The number of rotatable bonds is 6. The third kappa shape index (κ3) is 6.10. The number of fused-ring (bicyclic) bond motifs is 1. The van der Waals surface area contributed by atoms with Gasteiger partial charge in [0.1, 0.15) is 11.4 Å². The molecule has 3 aromatic rings. The average Bonchev–Trinajstić information content (AvgIpc) is 3.07. The zero-order valence-corrected chi connectivity index (χ0v) is 19.2. The largest absolute Gasteiger partial charge is 0.497 e. The van der Waals surface area contributed by atoms with Crippen LogP contribution in [0.1, 0.15) is 11.3 Å². The van der Waals surface area contributed by atoms with Gasteiger partial charge < -0.3 is 19.8 Å². The molecule has 0 unspecified atom stereocenters. The second-order valence-corrected chi connectivity index (χ2v) is 6.71. The first-order valence-electron chi connectivity index (χ1n) is 8.38. The number of aromatic nitrogens is 2. The molecule has 0 aliphatic carbocycles. The van der Waals surface area contributed by atoms with Crippen molar-refractivity contribution in [2.75, 3.05) is 20.7 Å². The molecule has 2 N–H and O–H groups in total. The van der Waals surface area contributed by atoms with Crippen molar-refractivity contribution in [3.05, 3.63) is 64.5 Å². The number of guanidine groups is 1. The molecule has 0 amide bonds. The molecule has 0 fully saturated rings. The van der Waals surface area contributed by atoms with Gasteiger partial charge in [-0.05, 0) is 52.2 Å². The lowest BCUT2D eigenvalue weighted by Gasteiger charge is -2.11. The molecule has 0 saturated carbocycles. The normalized spacial score (nSPS) is 11.1. The van der Waals surface area contributed by atoms with E-state index in [1.807, 2.05) is 41.1 Å². The molecule has 2 heterocycles. The van der Waals surface area contributed by atoms with Gasteiger partial charge in [0, 0.05) is 30.5 Å². The molecule has 6 nitrogen and oxygen atoms in total. The number of pyridine rings is 1. The molecule has 2 aromatic heterocycles. The van der Waals surface area contributed by atoms with E-state index in [-0.39, 0.29) is 24.0 Å². The van der Waals surface area contributed by atoms with Gasteiger partial charge in [0.2, 0.25) is 0 Å². The number of benzene rings is 1. The SMILES string of the molecule is CN=C(NCCc1ccc(OC)cc1)NCc1cn2cc(Br)ccc2n1.I. The minimum absolute atomic E-state index is 0. The summed E-state index contributed by atoms with van der Waals surface area (Å²) in [6.45, 7) is 1.41. The van der Waals surface area contributed by atoms with Crippen LogP contribution in [-0.4, -0.2) is 36.0 Å². The van der Waals surface area contributed by atoms with Crippen LogP contribution in [0, 0.1) is 0 Å². The van der Waals surface area contributed by atoms with Crippen LogP contribution in [-0.2, 0) is 13.0 Å². The number of nitrogens with one attached hydrogen (secondary N) is 2. The Morgan fingerprint density at radius 1 is 1.15 bits per heavy atom. The lowest BCUT2D eigenvalue weighted by molar-refractivity contribution is 0.414. The molecule has 0 spiro atoms. The highest BCUT2D eigenvalue weighted by Gasteiger charge is 2.04. The first-order chi connectivity index (χ1) is 12.7. The molecule has 0 aliphatic heterocycles. The fourth-order valence-electron chi connectivity index (χ4n) is 2.61. The second-order valence-electron chi connectivity index (χ2n) is 5.80. The van der Waals surface area contributed by atoms with Gasteiger partial charge in [-0.2, -0.15) is 0 Å². The Morgan fingerprint density at radius 3 is 2.63 bits per heavy atom. The number of aliphatic imine (C=N–C) groups is 1. The van der Waals surface area contributed by atoms with Crippen molar-refractivity contribution in [2.24, 2.45) is 4.99 Å². The fourth-order valence-corrected chi connectivity index (χ4v) is 2.97.